The Bertz CT molecular complexity index is 433. The third-order valence-electron chi connectivity index (χ3n) is 2.96. The molecule has 0 aliphatic carbocycles. The molecule has 0 fully saturated rings. The van der Waals surface area contributed by atoms with Crippen LogP contribution in [-0.4, -0.2) is 86.3 Å². The first-order valence-electron chi connectivity index (χ1n) is 6.30. The van der Waals surface area contributed by atoms with Gasteiger partial charge < -0.3 is 24.9 Å². The fraction of sp³-hybridized carbons (Fsp3) is 0.667. The van der Waals surface area contributed by atoms with Crippen LogP contribution in [0.4, 0.5) is 4.79 Å². The number of amides is 2. The van der Waals surface area contributed by atoms with Gasteiger partial charge in [0.2, 0.25) is 0 Å². The summed E-state index contributed by atoms with van der Waals surface area (Å²) in [6.07, 6.45) is 0.970. The van der Waals surface area contributed by atoms with Crippen molar-refractivity contribution in [1.29, 1.82) is 0 Å². The average Bonchev–Trinajstić information content (AvgIpc) is 2.82. The molecule has 0 spiro atoms. The molecule has 2 heterocycles. The number of halogens is 1. The molecule has 9 heteroatoms. The van der Waals surface area contributed by atoms with Crippen LogP contribution in [-0.2, 0) is 0 Å². The zero-order valence-corrected chi connectivity index (χ0v) is 13.8. The molecule has 0 aromatic heterocycles. The minimum atomic E-state index is -0.462. The van der Waals surface area contributed by atoms with Crippen LogP contribution in [0.3, 0.4) is 0 Å². The van der Waals surface area contributed by atoms with E-state index in [1.54, 1.807) is 7.05 Å². The Morgan fingerprint density at radius 3 is 2.43 bits per heavy atom. The van der Waals surface area contributed by atoms with Crippen LogP contribution in [0.25, 0.3) is 0 Å². The van der Waals surface area contributed by atoms with Crippen molar-refractivity contribution < 1.29 is 19.5 Å². The summed E-state index contributed by atoms with van der Waals surface area (Å²) in [4.78, 5) is 17.8. The van der Waals surface area contributed by atoms with Gasteiger partial charge in [0.1, 0.15) is 6.54 Å². The van der Waals surface area contributed by atoms with Crippen molar-refractivity contribution >= 4 is 24.8 Å². The Labute approximate surface area is 131 Å². The van der Waals surface area contributed by atoms with Crippen molar-refractivity contribution in [3.05, 3.63) is 11.6 Å². The van der Waals surface area contributed by atoms with E-state index in [4.69, 9.17) is 5.11 Å². The quantitative estimate of drug-likeness (QED) is 0.611. The Morgan fingerprint density at radius 1 is 1.43 bits per heavy atom. The molecular formula is C12H24ClN5O3. The minimum absolute atomic E-state index is 0. The summed E-state index contributed by atoms with van der Waals surface area (Å²) in [5, 5.41) is 22.6. The monoisotopic (exact) mass is 321 g/mol. The van der Waals surface area contributed by atoms with Crippen molar-refractivity contribution in [1.82, 2.24) is 15.1 Å². The number of aliphatic hydroxyl groups is 1. The third kappa shape index (κ3) is 4.76. The molecule has 2 rings (SSSR count). The third-order valence-corrected chi connectivity index (χ3v) is 2.96. The van der Waals surface area contributed by atoms with Gasteiger partial charge >= 0.3 is 6.03 Å². The Hall–Kier alpha value is -1.51. The molecule has 8 nitrogen and oxygen atoms in total. The lowest BCUT2D eigenvalue weighted by Crippen LogP contribution is -2.52. The highest BCUT2D eigenvalue weighted by molar-refractivity contribution is 5.85. The largest absolute Gasteiger partial charge is 0.859 e. The van der Waals surface area contributed by atoms with E-state index in [2.05, 4.69) is 31.5 Å². The molecule has 2 aliphatic heterocycles. The van der Waals surface area contributed by atoms with Gasteiger partial charge in [-0.05, 0) is 5.88 Å². The number of hydrogen-bond donors (Lipinski definition) is 2. The SMILES string of the molecule is CN1C(=O)N(C)C2N=CNC2=C1[O-].C[N+](C)(C)CCO.Cl. The van der Waals surface area contributed by atoms with Crippen LogP contribution >= 0.6 is 12.4 Å². The predicted molar refractivity (Wildman–Crippen MR) is 80.6 cm³/mol. The molecule has 0 aromatic carbocycles. The molecule has 0 saturated carbocycles. The van der Waals surface area contributed by atoms with E-state index in [-0.39, 0.29) is 30.9 Å². The normalized spacial score (nSPS) is 20.5. The molecule has 2 amide bonds. The molecule has 2 aliphatic rings. The van der Waals surface area contributed by atoms with Gasteiger partial charge in [0.25, 0.3) is 0 Å². The molecule has 21 heavy (non-hydrogen) atoms. The van der Waals surface area contributed by atoms with Crippen LogP contribution in [0.2, 0.25) is 0 Å². The number of aliphatic hydroxyl groups excluding tert-OH is 1. The maximum absolute atomic E-state index is 11.5. The van der Waals surface area contributed by atoms with Gasteiger partial charge in [0.15, 0.2) is 6.17 Å². The molecule has 1 unspecified atom stereocenters. The highest BCUT2D eigenvalue weighted by Gasteiger charge is 2.33. The molecular weight excluding hydrogens is 298 g/mol. The topological polar surface area (TPSA) is 91.2 Å². The van der Waals surface area contributed by atoms with E-state index in [1.807, 2.05) is 0 Å². The Balaban J connectivity index is 0.000000436. The van der Waals surface area contributed by atoms with E-state index < -0.39 is 6.17 Å². The van der Waals surface area contributed by atoms with Crippen LogP contribution < -0.4 is 10.4 Å². The van der Waals surface area contributed by atoms with Crippen LogP contribution in [0.1, 0.15) is 0 Å². The van der Waals surface area contributed by atoms with E-state index in [9.17, 15) is 9.90 Å². The summed E-state index contributed by atoms with van der Waals surface area (Å²) >= 11 is 0. The average molecular weight is 322 g/mol. The van der Waals surface area contributed by atoms with Gasteiger partial charge in [-0.15, -0.1) is 12.4 Å². The first-order valence-corrected chi connectivity index (χ1v) is 6.30. The molecule has 0 radical (unpaired) electrons. The summed E-state index contributed by atoms with van der Waals surface area (Å²) in [6.45, 7) is 1.11. The lowest BCUT2D eigenvalue weighted by molar-refractivity contribution is -0.870. The zero-order valence-electron chi connectivity index (χ0n) is 13.0. The van der Waals surface area contributed by atoms with Gasteiger partial charge in [-0.2, -0.15) is 0 Å². The molecule has 0 bridgehead atoms. The van der Waals surface area contributed by atoms with E-state index in [0.717, 1.165) is 15.9 Å². The molecule has 0 saturated heterocycles. The number of hydrogen-bond acceptors (Lipinski definition) is 5. The summed E-state index contributed by atoms with van der Waals surface area (Å²) in [7, 11) is 9.22. The lowest BCUT2D eigenvalue weighted by atomic mass is 10.3. The number of rotatable bonds is 2. The standard InChI is InChI=1S/C7H10N4O2.C5H14NO.ClH/c1-10-5-4(8-3-9-5)6(12)11(2)7(10)13;1-6(2,3)4-5-7;/h3,5,12H,1-2H3,(H,8,9);7H,4-5H2,1-3H3;1H/q;+1;/p-1. The van der Waals surface area contributed by atoms with Crippen LogP contribution in [0, 0.1) is 0 Å². The first kappa shape index (κ1) is 19.5. The van der Waals surface area contributed by atoms with Gasteiger partial charge in [0.05, 0.1) is 39.8 Å². The fourth-order valence-electron chi connectivity index (χ4n) is 1.70. The number of urea groups is 1. The predicted octanol–water partition coefficient (Wildman–Crippen LogP) is -1.42. The van der Waals surface area contributed by atoms with Crippen molar-refractivity contribution in [3.8, 4) is 0 Å². The van der Waals surface area contributed by atoms with E-state index in [1.165, 1.54) is 18.3 Å². The summed E-state index contributed by atoms with van der Waals surface area (Å²) in [5.41, 5.74) is 0.435. The minimum Gasteiger partial charge on any atom is -0.859 e. The number of quaternary nitrogens is 1. The number of fused-ring (bicyclic) bond motifs is 1. The zero-order chi connectivity index (χ0) is 15.5. The number of likely N-dealkylation sites (N-methyl/N-ethyl adjacent to an activating group) is 2. The summed E-state index contributed by atoms with van der Waals surface area (Å²) in [6, 6.07) is -0.334. The molecule has 122 valence electrons. The number of nitrogens with one attached hydrogen (secondary N) is 1. The summed E-state index contributed by atoms with van der Waals surface area (Å²) < 4.78 is 0.844. The van der Waals surface area contributed by atoms with Gasteiger partial charge in [0, 0.05) is 14.1 Å². The number of carbonyl (C=O) groups excluding carboxylic acids is 1. The smallest absolute Gasteiger partial charge is 0.325 e. The maximum Gasteiger partial charge on any atom is 0.325 e. The van der Waals surface area contributed by atoms with E-state index >= 15 is 0 Å². The molecule has 2 N–H and O–H groups in total. The highest BCUT2D eigenvalue weighted by atomic mass is 35.5. The summed E-state index contributed by atoms with van der Waals surface area (Å²) in [5.74, 6) is -0.314. The number of nitrogens with zero attached hydrogens (tertiary/aromatic N) is 4. The highest BCUT2D eigenvalue weighted by Crippen LogP contribution is 2.21. The van der Waals surface area contributed by atoms with Gasteiger partial charge in [-0.25, -0.2) is 9.79 Å². The maximum atomic E-state index is 11.5. The Morgan fingerprint density at radius 2 is 2.00 bits per heavy atom. The van der Waals surface area contributed by atoms with Gasteiger partial charge in [-0.3, -0.25) is 4.90 Å². The molecule has 0 aromatic rings. The van der Waals surface area contributed by atoms with Gasteiger partial charge in [-0.1, -0.05) is 0 Å². The van der Waals surface area contributed by atoms with Crippen molar-refractivity contribution in [2.45, 2.75) is 6.17 Å². The Kier molecular flexibility index (Phi) is 6.95. The van der Waals surface area contributed by atoms with Crippen molar-refractivity contribution in [2.24, 2.45) is 4.99 Å². The van der Waals surface area contributed by atoms with Crippen LogP contribution in [0.5, 0.6) is 0 Å². The van der Waals surface area contributed by atoms with Crippen molar-refractivity contribution in [2.75, 3.05) is 48.4 Å². The second-order valence-corrected chi connectivity index (χ2v) is 5.71. The molecule has 1 atom stereocenters. The second kappa shape index (κ2) is 7.48. The number of aliphatic imine (C=N–C) groups is 1. The van der Waals surface area contributed by atoms with E-state index in [0.29, 0.717) is 5.70 Å². The van der Waals surface area contributed by atoms with Crippen LogP contribution in [0.15, 0.2) is 16.6 Å². The lowest BCUT2D eigenvalue weighted by Gasteiger charge is -2.39. The fourth-order valence-corrected chi connectivity index (χ4v) is 1.70. The second-order valence-electron chi connectivity index (χ2n) is 5.71. The first-order chi connectivity index (χ1) is 9.19. The number of carbonyl (C=O) groups is 1. The van der Waals surface area contributed by atoms with Crippen molar-refractivity contribution in [3.63, 3.8) is 0 Å².